The van der Waals surface area contributed by atoms with Crippen LogP contribution in [0.2, 0.25) is 0 Å². The standard InChI is InChI=1S/C21H31N3O2S/c1-25-18-4-6-19(7-5-18)26-13-12-23-8-10-24(11-9-23)21(27)22-20-15-16-2-3-17(20)14-16/h4-7,16-17,20H,2-3,8-15H2,1H3,(H,22,27)/t16-,17-,20+/m0/s1. The zero-order valence-electron chi connectivity index (χ0n) is 16.2. The molecule has 3 aliphatic rings. The molecule has 0 unspecified atom stereocenters. The summed E-state index contributed by atoms with van der Waals surface area (Å²) in [5.74, 6) is 3.57. The zero-order chi connectivity index (χ0) is 18.6. The van der Waals surface area contributed by atoms with Gasteiger partial charge in [0.1, 0.15) is 18.1 Å². The average molecular weight is 390 g/mol. The van der Waals surface area contributed by atoms with Gasteiger partial charge in [0.15, 0.2) is 5.11 Å². The first-order chi connectivity index (χ1) is 13.2. The van der Waals surface area contributed by atoms with Gasteiger partial charge in [-0.2, -0.15) is 0 Å². The van der Waals surface area contributed by atoms with E-state index >= 15 is 0 Å². The summed E-state index contributed by atoms with van der Waals surface area (Å²) in [7, 11) is 1.68. The van der Waals surface area contributed by atoms with Crippen LogP contribution in [0.4, 0.5) is 0 Å². The van der Waals surface area contributed by atoms with Crippen LogP contribution in [0.25, 0.3) is 0 Å². The highest BCUT2D eigenvalue weighted by Crippen LogP contribution is 2.44. The molecular weight excluding hydrogens is 358 g/mol. The third-order valence-corrected chi connectivity index (χ3v) is 6.82. The fourth-order valence-electron chi connectivity index (χ4n) is 4.81. The molecule has 0 aromatic heterocycles. The second-order valence-corrected chi connectivity index (χ2v) is 8.47. The van der Waals surface area contributed by atoms with Gasteiger partial charge < -0.3 is 19.7 Å². The number of fused-ring (bicyclic) bond motifs is 2. The van der Waals surface area contributed by atoms with Crippen molar-refractivity contribution in [3.05, 3.63) is 24.3 Å². The molecule has 3 atom stereocenters. The predicted molar refractivity (Wildman–Crippen MR) is 111 cm³/mol. The Morgan fingerprint density at radius 3 is 2.44 bits per heavy atom. The number of hydrogen-bond donors (Lipinski definition) is 1. The van der Waals surface area contributed by atoms with E-state index in [1.165, 1.54) is 25.7 Å². The molecule has 1 aromatic rings. The quantitative estimate of drug-likeness (QED) is 0.754. The van der Waals surface area contributed by atoms with Crippen LogP contribution in [0.15, 0.2) is 24.3 Å². The Labute approximate surface area is 168 Å². The Hall–Kier alpha value is -1.53. The largest absolute Gasteiger partial charge is 0.497 e. The molecule has 148 valence electrons. The van der Waals surface area contributed by atoms with Crippen molar-refractivity contribution in [1.29, 1.82) is 0 Å². The van der Waals surface area contributed by atoms with Crippen LogP contribution in [-0.4, -0.2) is 67.4 Å². The van der Waals surface area contributed by atoms with E-state index in [4.69, 9.17) is 21.7 Å². The van der Waals surface area contributed by atoms with E-state index < -0.39 is 0 Å². The SMILES string of the molecule is COc1ccc(OCCN2CCN(C(=S)N[C@@H]3C[C@H]4CC[C@H]3C4)CC2)cc1. The number of methoxy groups -OCH3 is 1. The molecule has 27 heavy (non-hydrogen) atoms. The summed E-state index contributed by atoms with van der Waals surface area (Å²) >= 11 is 5.70. The molecule has 4 rings (SSSR count). The number of piperazine rings is 1. The highest BCUT2D eigenvalue weighted by atomic mass is 32.1. The minimum atomic E-state index is 0.632. The molecule has 2 bridgehead atoms. The highest BCUT2D eigenvalue weighted by molar-refractivity contribution is 7.80. The maximum Gasteiger partial charge on any atom is 0.169 e. The van der Waals surface area contributed by atoms with Crippen molar-refractivity contribution < 1.29 is 9.47 Å². The monoisotopic (exact) mass is 389 g/mol. The number of thiocarbonyl (C=S) groups is 1. The van der Waals surface area contributed by atoms with E-state index in [1.54, 1.807) is 7.11 Å². The van der Waals surface area contributed by atoms with Crippen molar-refractivity contribution in [2.75, 3.05) is 46.4 Å². The van der Waals surface area contributed by atoms with Crippen LogP contribution in [0.3, 0.4) is 0 Å². The fourth-order valence-corrected chi connectivity index (χ4v) is 5.14. The Bertz CT molecular complexity index is 631. The van der Waals surface area contributed by atoms with Crippen molar-refractivity contribution in [2.24, 2.45) is 11.8 Å². The second-order valence-electron chi connectivity index (χ2n) is 8.08. The Morgan fingerprint density at radius 2 is 1.81 bits per heavy atom. The van der Waals surface area contributed by atoms with Crippen LogP contribution in [0.5, 0.6) is 11.5 Å². The normalized spacial score (nSPS) is 27.6. The van der Waals surface area contributed by atoms with Crippen molar-refractivity contribution >= 4 is 17.3 Å². The lowest BCUT2D eigenvalue weighted by Crippen LogP contribution is -2.54. The number of benzene rings is 1. The van der Waals surface area contributed by atoms with E-state index in [2.05, 4.69) is 15.1 Å². The van der Waals surface area contributed by atoms with Gasteiger partial charge in [-0.1, -0.05) is 6.42 Å². The maximum atomic E-state index is 5.85. The summed E-state index contributed by atoms with van der Waals surface area (Å²) in [4.78, 5) is 4.81. The van der Waals surface area contributed by atoms with E-state index in [1.807, 2.05) is 24.3 Å². The molecule has 0 spiro atoms. The van der Waals surface area contributed by atoms with Crippen molar-refractivity contribution in [3.8, 4) is 11.5 Å². The molecule has 1 saturated heterocycles. The molecule has 0 amide bonds. The van der Waals surface area contributed by atoms with Crippen LogP contribution >= 0.6 is 12.2 Å². The summed E-state index contributed by atoms with van der Waals surface area (Å²) in [6.07, 6.45) is 5.58. The molecule has 0 radical (unpaired) electrons. The fraction of sp³-hybridized carbons (Fsp3) is 0.667. The van der Waals surface area contributed by atoms with Crippen molar-refractivity contribution in [1.82, 2.24) is 15.1 Å². The van der Waals surface area contributed by atoms with Crippen LogP contribution in [0.1, 0.15) is 25.7 Å². The molecule has 1 aliphatic heterocycles. The molecule has 3 fully saturated rings. The Kier molecular flexibility index (Phi) is 6.03. The minimum Gasteiger partial charge on any atom is -0.497 e. The number of rotatable bonds is 6. The lowest BCUT2D eigenvalue weighted by Gasteiger charge is -2.37. The van der Waals surface area contributed by atoms with E-state index in [0.717, 1.165) is 61.2 Å². The number of hydrogen-bond acceptors (Lipinski definition) is 4. The van der Waals surface area contributed by atoms with Gasteiger partial charge in [-0.05, 0) is 67.6 Å². The minimum absolute atomic E-state index is 0.632. The molecule has 6 heteroatoms. The summed E-state index contributed by atoms with van der Waals surface area (Å²) in [6, 6.07) is 8.40. The summed E-state index contributed by atoms with van der Waals surface area (Å²) < 4.78 is 11.0. The first-order valence-corrected chi connectivity index (χ1v) is 10.7. The summed E-state index contributed by atoms with van der Waals surface area (Å²) in [6.45, 7) is 5.77. The molecule has 1 aromatic carbocycles. The highest BCUT2D eigenvalue weighted by Gasteiger charge is 2.40. The smallest absolute Gasteiger partial charge is 0.169 e. The maximum absolute atomic E-state index is 5.85. The third kappa shape index (κ3) is 4.66. The average Bonchev–Trinajstić information content (AvgIpc) is 3.32. The van der Waals surface area contributed by atoms with Crippen LogP contribution in [-0.2, 0) is 0 Å². The number of nitrogens with zero attached hydrogens (tertiary/aromatic N) is 2. The molecule has 5 nitrogen and oxygen atoms in total. The topological polar surface area (TPSA) is 37.0 Å². The third-order valence-electron chi connectivity index (χ3n) is 6.44. The van der Waals surface area contributed by atoms with Gasteiger partial charge in [0.2, 0.25) is 0 Å². The van der Waals surface area contributed by atoms with Crippen molar-refractivity contribution in [2.45, 2.75) is 31.7 Å². The van der Waals surface area contributed by atoms with E-state index in [9.17, 15) is 0 Å². The molecular formula is C21H31N3O2S. The first kappa shape index (κ1) is 18.8. The Balaban J connectivity index is 1.14. The van der Waals surface area contributed by atoms with E-state index in [0.29, 0.717) is 12.6 Å². The predicted octanol–water partition coefficient (Wildman–Crippen LogP) is 2.75. The number of nitrogens with one attached hydrogen (secondary N) is 1. The number of ether oxygens (including phenoxy) is 2. The van der Waals surface area contributed by atoms with Crippen molar-refractivity contribution in [3.63, 3.8) is 0 Å². The summed E-state index contributed by atoms with van der Waals surface area (Å²) in [5, 5.41) is 4.65. The second kappa shape index (κ2) is 8.65. The van der Waals surface area contributed by atoms with E-state index in [-0.39, 0.29) is 0 Å². The van der Waals surface area contributed by atoms with Crippen LogP contribution < -0.4 is 14.8 Å². The lowest BCUT2D eigenvalue weighted by molar-refractivity contribution is 0.152. The Morgan fingerprint density at radius 1 is 1.07 bits per heavy atom. The van der Waals surface area contributed by atoms with Gasteiger partial charge in [0.05, 0.1) is 7.11 Å². The van der Waals surface area contributed by atoms with Gasteiger partial charge in [-0.3, -0.25) is 4.90 Å². The van der Waals surface area contributed by atoms with Gasteiger partial charge in [-0.25, -0.2) is 0 Å². The molecule has 1 N–H and O–H groups in total. The summed E-state index contributed by atoms with van der Waals surface area (Å²) in [5.41, 5.74) is 0. The van der Waals surface area contributed by atoms with Gasteiger partial charge in [-0.15, -0.1) is 0 Å². The van der Waals surface area contributed by atoms with Gasteiger partial charge in [0, 0.05) is 38.8 Å². The molecule has 1 heterocycles. The zero-order valence-corrected chi connectivity index (χ0v) is 17.0. The molecule has 2 aliphatic carbocycles. The van der Waals surface area contributed by atoms with Crippen LogP contribution in [0, 0.1) is 11.8 Å². The molecule has 2 saturated carbocycles. The lowest BCUT2D eigenvalue weighted by atomic mass is 9.95. The first-order valence-electron chi connectivity index (χ1n) is 10.3. The van der Waals surface area contributed by atoms with Gasteiger partial charge >= 0.3 is 0 Å². The van der Waals surface area contributed by atoms with Gasteiger partial charge in [0.25, 0.3) is 0 Å².